The highest BCUT2D eigenvalue weighted by atomic mass is 32.2. The second kappa shape index (κ2) is 7.90. The third-order valence-corrected chi connectivity index (χ3v) is 4.79. The Labute approximate surface area is 120 Å². The maximum atomic E-state index is 5.44. The molecule has 0 amide bonds. The highest BCUT2D eigenvalue weighted by molar-refractivity contribution is 7.98. The largest absolute Gasteiger partial charge is 0.339 e. The molecule has 1 aliphatic carbocycles. The van der Waals surface area contributed by atoms with E-state index in [1.54, 1.807) is 0 Å². The summed E-state index contributed by atoms with van der Waals surface area (Å²) in [7, 11) is 0. The van der Waals surface area contributed by atoms with E-state index in [-0.39, 0.29) is 0 Å². The average Bonchev–Trinajstić information content (AvgIpc) is 2.89. The van der Waals surface area contributed by atoms with Gasteiger partial charge in [0.15, 0.2) is 5.82 Å². The number of aromatic nitrogens is 2. The van der Waals surface area contributed by atoms with Gasteiger partial charge in [0.2, 0.25) is 5.89 Å². The Balaban J connectivity index is 1.79. The maximum absolute atomic E-state index is 5.44. The molecule has 0 saturated heterocycles. The predicted octanol–water partition coefficient (Wildman–Crippen LogP) is 3.35. The zero-order valence-electron chi connectivity index (χ0n) is 12.0. The van der Waals surface area contributed by atoms with Gasteiger partial charge >= 0.3 is 0 Å². The van der Waals surface area contributed by atoms with Crippen LogP contribution in [0, 0.1) is 0 Å². The van der Waals surface area contributed by atoms with Crippen LogP contribution in [0.15, 0.2) is 4.52 Å². The molecular formula is C14H25N3OS. The van der Waals surface area contributed by atoms with Crippen LogP contribution in [0.4, 0.5) is 0 Å². The smallest absolute Gasteiger partial charge is 0.229 e. The zero-order valence-corrected chi connectivity index (χ0v) is 12.8. The number of nitrogens with zero attached hydrogens (tertiary/aromatic N) is 2. The molecule has 0 spiro atoms. The van der Waals surface area contributed by atoms with Gasteiger partial charge in [0.1, 0.15) is 0 Å². The van der Waals surface area contributed by atoms with Gasteiger partial charge in [-0.05, 0) is 44.4 Å². The van der Waals surface area contributed by atoms with Crippen LogP contribution in [0.3, 0.4) is 0 Å². The fourth-order valence-electron chi connectivity index (χ4n) is 2.63. The molecule has 4 nitrogen and oxygen atoms in total. The summed E-state index contributed by atoms with van der Waals surface area (Å²) in [5.41, 5.74) is 0. The molecule has 5 heteroatoms. The Hall–Kier alpha value is -0.550. The summed E-state index contributed by atoms with van der Waals surface area (Å²) in [6.07, 6.45) is 5.98. The lowest BCUT2D eigenvalue weighted by molar-refractivity contribution is 0.284. The minimum absolute atomic E-state index is 0.479. The van der Waals surface area contributed by atoms with E-state index in [1.165, 1.54) is 32.1 Å². The van der Waals surface area contributed by atoms with Crippen molar-refractivity contribution in [3.05, 3.63) is 11.7 Å². The monoisotopic (exact) mass is 283 g/mol. The lowest BCUT2D eigenvalue weighted by Crippen LogP contribution is -2.32. The first-order valence-corrected chi connectivity index (χ1v) is 8.62. The summed E-state index contributed by atoms with van der Waals surface area (Å²) in [5, 5.41) is 7.62. The number of hydrogen-bond donors (Lipinski definition) is 1. The molecule has 1 heterocycles. The highest BCUT2D eigenvalue weighted by Crippen LogP contribution is 2.32. The fourth-order valence-corrected chi connectivity index (χ4v) is 3.37. The molecule has 1 aromatic heterocycles. The molecule has 1 saturated carbocycles. The van der Waals surface area contributed by atoms with Gasteiger partial charge in [-0.2, -0.15) is 16.7 Å². The van der Waals surface area contributed by atoms with Crippen LogP contribution < -0.4 is 5.32 Å². The van der Waals surface area contributed by atoms with E-state index in [9.17, 15) is 0 Å². The predicted molar refractivity (Wildman–Crippen MR) is 79.4 cm³/mol. The third kappa shape index (κ3) is 4.49. The second-order valence-electron chi connectivity index (χ2n) is 5.21. The van der Waals surface area contributed by atoms with Crippen molar-refractivity contribution in [2.45, 2.75) is 63.7 Å². The van der Waals surface area contributed by atoms with Crippen LogP contribution >= 0.6 is 11.8 Å². The molecule has 2 rings (SSSR count). The van der Waals surface area contributed by atoms with Gasteiger partial charge < -0.3 is 9.84 Å². The van der Waals surface area contributed by atoms with Gasteiger partial charge in [-0.15, -0.1) is 0 Å². The molecule has 0 radical (unpaired) electrons. The van der Waals surface area contributed by atoms with Crippen LogP contribution in [0.2, 0.25) is 0 Å². The van der Waals surface area contributed by atoms with Gasteiger partial charge in [0.05, 0.1) is 5.75 Å². The lowest BCUT2D eigenvalue weighted by atomic mass is 9.86. The molecule has 0 unspecified atom stereocenters. The van der Waals surface area contributed by atoms with Crippen molar-refractivity contribution in [1.29, 1.82) is 0 Å². The number of thioether (sulfide) groups is 1. The lowest BCUT2D eigenvalue weighted by Gasteiger charge is -2.26. The van der Waals surface area contributed by atoms with Crippen LogP contribution in [0.25, 0.3) is 0 Å². The Morgan fingerprint density at radius 2 is 2.05 bits per heavy atom. The van der Waals surface area contributed by atoms with Gasteiger partial charge in [0.25, 0.3) is 0 Å². The molecule has 108 valence electrons. The molecular weight excluding hydrogens is 258 g/mol. The van der Waals surface area contributed by atoms with Crippen LogP contribution in [-0.2, 0) is 5.75 Å². The van der Waals surface area contributed by atoms with E-state index >= 15 is 0 Å². The summed E-state index contributed by atoms with van der Waals surface area (Å²) < 4.78 is 5.44. The second-order valence-corrected chi connectivity index (χ2v) is 6.31. The minimum Gasteiger partial charge on any atom is -0.339 e. The summed E-state index contributed by atoms with van der Waals surface area (Å²) in [6, 6.07) is 0.684. The van der Waals surface area contributed by atoms with Gasteiger partial charge in [-0.1, -0.05) is 19.0 Å². The highest BCUT2D eigenvalue weighted by Gasteiger charge is 2.25. The Bertz CT molecular complexity index is 361. The normalized spacial score (nSPS) is 23.7. The van der Waals surface area contributed by atoms with E-state index < -0.39 is 0 Å². The third-order valence-electron chi connectivity index (χ3n) is 3.63. The Kier molecular flexibility index (Phi) is 6.17. The molecule has 19 heavy (non-hydrogen) atoms. The van der Waals surface area contributed by atoms with Crippen molar-refractivity contribution in [3.8, 4) is 0 Å². The van der Waals surface area contributed by atoms with E-state index in [0.29, 0.717) is 12.0 Å². The van der Waals surface area contributed by atoms with Crippen molar-refractivity contribution in [3.63, 3.8) is 0 Å². The first-order chi connectivity index (χ1) is 9.33. The molecule has 0 atom stereocenters. The standard InChI is InChI=1S/C14H25N3OS/c1-3-9-19-10-13-16-14(18-17-13)11-5-7-12(8-6-11)15-4-2/h11-12,15H,3-10H2,1-2H3. The van der Waals surface area contributed by atoms with Crippen molar-refractivity contribution in [1.82, 2.24) is 15.5 Å². The van der Waals surface area contributed by atoms with Gasteiger partial charge in [-0.25, -0.2) is 0 Å². The van der Waals surface area contributed by atoms with E-state index in [0.717, 1.165) is 29.8 Å². The Morgan fingerprint density at radius 1 is 1.26 bits per heavy atom. The number of nitrogens with one attached hydrogen (secondary N) is 1. The van der Waals surface area contributed by atoms with Crippen molar-refractivity contribution < 1.29 is 4.52 Å². The van der Waals surface area contributed by atoms with E-state index in [4.69, 9.17) is 4.52 Å². The topological polar surface area (TPSA) is 51.0 Å². The van der Waals surface area contributed by atoms with Crippen LogP contribution in [0.5, 0.6) is 0 Å². The van der Waals surface area contributed by atoms with Gasteiger partial charge in [-0.3, -0.25) is 0 Å². The SMILES string of the molecule is CCCSCc1noc(C2CCC(NCC)CC2)n1. The maximum Gasteiger partial charge on any atom is 0.229 e. The molecule has 1 N–H and O–H groups in total. The molecule has 1 aliphatic rings. The summed E-state index contributed by atoms with van der Waals surface area (Å²) in [6.45, 7) is 5.43. The minimum atomic E-state index is 0.479. The molecule has 0 aliphatic heterocycles. The molecule has 0 bridgehead atoms. The first-order valence-electron chi connectivity index (χ1n) is 7.47. The van der Waals surface area contributed by atoms with Gasteiger partial charge in [0, 0.05) is 12.0 Å². The molecule has 0 aromatic carbocycles. The number of hydrogen-bond acceptors (Lipinski definition) is 5. The van der Waals surface area contributed by atoms with Crippen molar-refractivity contribution in [2.75, 3.05) is 12.3 Å². The summed E-state index contributed by atoms with van der Waals surface area (Å²) >= 11 is 1.88. The fraction of sp³-hybridized carbons (Fsp3) is 0.857. The first kappa shape index (κ1) is 14.9. The van der Waals surface area contributed by atoms with Crippen LogP contribution in [-0.4, -0.2) is 28.5 Å². The molecule has 1 fully saturated rings. The zero-order chi connectivity index (χ0) is 13.5. The summed E-state index contributed by atoms with van der Waals surface area (Å²) in [4.78, 5) is 4.56. The van der Waals surface area contributed by atoms with E-state index in [2.05, 4.69) is 29.3 Å². The van der Waals surface area contributed by atoms with Crippen LogP contribution in [0.1, 0.15) is 63.6 Å². The average molecular weight is 283 g/mol. The molecule has 1 aromatic rings. The number of rotatable bonds is 7. The van der Waals surface area contributed by atoms with Crippen molar-refractivity contribution in [2.24, 2.45) is 0 Å². The Morgan fingerprint density at radius 3 is 2.74 bits per heavy atom. The van der Waals surface area contributed by atoms with E-state index in [1.807, 2.05) is 11.8 Å². The van der Waals surface area contributed by atoms with Crippen molar-refractivity contribution >= 4 is 11.8 Å². The summed E-state index contributed by atoms with van der Waals surface area (Å²) in [5.74, 6) is 4.25. The quantitative estimate of drug-likeness (QED) is 0.778.